The van der Waals surface area contributed by atoms with Gasteiger partial charge in [0.15, 0.2) is 5.96 Å². The molecule has 0 bridgehead atoms. The maximum atomic E-state index is 12.2. The van der Waals surface area contributed by atoms with Gasteiger partial charge in [-0.1, -0.05) is 44.2 Å². The van der Waals surface area contributed by atoms with E-state index in [0.29, 0.717) is 6.04 Å². The topological polar surface area (TPSA) is 60.0 Å². The van der Waals surface area contributed by atoms with Crippen molar-refractivity contribution in [3.05, 3.63) is 35.9 Å². The van der Waals surface area contributed by atoms with Crippen LogP contribution in [-0.2, 0) is 4.79 Å². The number of hydrogen-bond acceptors (Lipinski definition) is 3. The van der Waals surface area contributed by atoms with E-state index in [4.69, 9.17) is 0 Å². The maximum absolute atomic E-state index is 12.2. The molecule has 2 atom stereocenters. The van der Waals surface area contributed by atoms with Crippen molar-refractivity contribution >= 4 is 35.8 Å². The van der Waals surface area contributed by atoms with Crippen molar-refractivity contribution in [2.75, 3.05) is 39.8 Å². The highest BCUT2D eigenvalue weighted by molar-refractivity contribution is 14.0. The van der Waals surface area contributed by atoms with Gasteiger partial charge < -0.3 is 15.5 Å². The van der Waals surface area contributed by atoms with Crippen molar-refractivity contribution < 1.29 is 4.79 Å². The van der Waals surface area contributed by atoms with Gasteiger partial charge in [-0.15, -0.1) is 24.0 Å². The van der Waals surface area contributed by atoms with Gasteiger partial charge in [0.05, 0.1) is 6.04 Å². The van der Waals surface area contributed by atoms with Crippen molar-refractivity contribution in [2.24, 2.45) is 10.9 Å². The third-order valence-electron chi connectivity index (χ3n) is 5.79. The van der Waals surface area contributed by atoms with E-state index in [0.717, 1.165) is 45.1 Å². The summed E-state index contributed by atoms with van der Waals surface area (Å²) in [5.74, 6) is 1.12. The number of nitrogens with one attached hydrogen (secondary N) is 2. The van der Waals surface area contributed by atoms with Gasteiger partial charge in [0.1, 0.15) is 0 Å². The summed E-state index contributed by atoms with van der Waals surface area (Å²) >= 11 is 0. The molecule has 29 heavy (non-hydrogen) atoms. The lowest BCUT2D eigenvalue weighted by Crippen LogP contribution is -2.47. The first-order chi connectivity index (χ1) is 13.6. The van der Waals surface area contributed by atoms with E-state index in [9.17, 15) is 4.79 Å². The second-order valence-electron chi connectivity index (χ2n) is 8.19. The molecule has 2 saturated heterocycles. The van der Waals surface area contributed by atoms with E-state index in [2.05, 4.69) is 50.9 Å². The van der Waals surface area contributed by atoms with Crippen molar-refractivity contribution in [3.63, 3.8) is 0 Å². The summed E-state index contributed by atoms with van der Waals surface area (Å²) in [6, 6.07) is 11.3. The standard InChI is InChI=1S/C22H35N5O.HI/c1-17(2)21(28)27-14-11-19(16-27)25-22(23-3)24-15-20(26-12-7-8-13-26)18-9-5-4-6-10-18;/h4-6,9-10,17,19-20H,7-8,11-16H2,1-3H3,(H2,23,24,25);1H. The predicted molar refractivity (Wildman–Crippen MR) is 130 cm³/mol. The molecular formula is C22H36IN5O. The lowest BCUT2D eigenvalue weighted by molar-refractivity contribution is -0.133. The van der Waals surface area contributed by atoms with Crippen LogP contribution in [0, 0.1) is 5.92 Å². The second-order valence-corrected chi connectivity index (χ2v) is 8.19. The number of amides is 1. The fourth-order valence-electron chi connectivity index (χ4n) is 4.21. The number of rotatable bonds is 6. The predicted octanol–water partition coefficient (Wildman–Crippen LogP) is 2.86. The quantitative estimate of drug-likeness (QED) is 0.349. The summed E-state index contributed by atoms with van der Waals surface area (Å²) in [5.41, 5.74) is 1.35. The number of likely N-dealkylation sites (tertiary alicyclic amines) is 2. The van der Waals surface area contributed by atoms with Crippen LogP contribution >= 0.6 is 24.0 Å². The highest BCUT2D eigenvalue weighted by Gasteiger charge is 2.28. The van der Waals surface area contributed by atoms with Crippen LogP contribution in [0.2, 0.25) is 0 Å². The van der Waals surface area contributed by atoms with Crippen LogP contribution in [0.3, 0.4) is 0 Å². The largest absolute Gasteiger partial charge is 0.354 e. The van der Waals surface area contributed by atoms with Crippen LogP contribution in [0.5, 0.6) is 0 Å². The fourth-order valence-corrected chi connectivity index (χ4v) is 4.21. The van der Waals surface area contributed by atoms with Crippen molar-refractivity contribution in [2.45, 2.75) is 45.2 Å². The molecule has 1 aromatic rings. The number of guanidine groups is 1. The molecular weight excluding hydrogens is 477 g/mol. The van der Waals surface area contributed by atoms with E-state index in [1.807, 2.05) is 25.8 Å². The molecule has 3 rings (SSSR count). The Bertz CT molecular complexity index is 660. The Morgan fingerprint density at radius 2 is 1.86 bits per heavy atom. The Hall–Kier alpha value is -1.35. The van der Waals surface area contributed by atoms with Crippen LogP contribution in [-0.4, -0.2) is 67.5 Å². The number of halogens is 1. The maximum Gasteiger partial charge on any atom is 0.225 e. The van der Waals surface area contributed by atoms with E-state index < -0.39 is 0 Å². The number of benzene rings is 1. The van der Waals surface area contributed by atoms with Crippen LogP contribution in [0.25, 0.3) is 0 Å². The van der Waals surface area contributed by atoms with Crippen LogP contribution in [0.4, 0.5) is 0 Å². The van der Waals surface area contributed by atoms with Crippen LogP contribution < -0.4 is 10.6 Å². The van der Waals surface area contributed by atoms with Gasteiger partial charge in [-0.3, -0.25) is 14.7 Å². The Balaban J connectivity index is 0.00000300. The van der Waals surface area contributed by atoms with E-state index in [1.54, 1.807) is 0 Å². The van der Waals surface area contributed by atoms with Gasteiger partial charge in [0, 0.05) is 38.6 Å². The average molecular weight is 513 g/mol. The first-order valence-electron chi connectivity index (χ1n) is 10.6. The van der Waals surface area contributed by atoms with Crippen molar-refractivity contribution in [1.29, 1.82) is 0 Å². The third kappa shape index (κ3) is 6.57. The van der Waals surface area contributed by atoms with E-state index in [1.165, 1.54) is 18.4 Å². The highest BCUT2D eigenvalue weighted by atomic mass is 127. The SMILES string of the molecule is CN=C(NCC(c1ccccc1)N1CCCC1)NC1CCN(C(=O)C(C)C)C1.I. The first-order valence-corrected chi connectivity index (χ1v) is 10.6. The average Bonchev–Trinajstić information content (AvgIpc) is 3.39. The van der Waals surface area contributed by atoms with Crippen molar-refractivity contribution in [3.8, 4) is 0 Å². The third-order valence-corrected chi connectivity index (χ3v) is 5.79. The summed E-state index contributed by atoms with van der Waals surface area (Å²) in [6.07, 6.45) is 3.52. The number of carbonyl (C=O) groups excluding carboxylic acids is 1. The fraction of sp³-hybridized carbons (Fsp3) is 0.636. The minimum Gasteiger partial charge on any atom is -0.354 e. The smallest absolute Gasteiger partial charge is 0.225 e. The first kappa shape index (κ1) is 23.9. The van der Waals surface area contributed by atoms with Gasteiger partial charge in [-0.25, -0.2) is 0 Å². The summed E-state index contributed by atoms with van der Waals surface area (Å²) in [7, 11) is 1.81. The monoisotopic (exact) mass is 513 g/mol. The van der Waals surface area contributed by atoms with E-state index in [-0.39, 0.29) is 41.8 Å². The minimum absolute atomic E-state index is 0. The molecule has 0 radical (unpaired) electrons. The Labute approximate surface area is 192 Å². The summed E-state index contributed by atoms with van der Waals surface area (Å²) in [4.78, 5) is 21.2. The zero-order chi connectivity index (χ0) is 19.9. The lowest BCUT2D eigenvalue weighted by Gasteiger charge is -2.29. The number of nitrogens with zero attached hydrogens (tertiary/aromatic N) is 3. The molecule has 0 saturated carbocycles. The van der Waals surface area contributed by atoms with Crippen LogP contribution in [0.15, 0.2) is 35.3 Å². The van der Waals surface area contributed by atoms with Gasteiger partial charge >= 0.3 is 0 Å². The molecule has 162 valence electrons. The highest BCUT2D eigenvalue weighted by Crippen LogP contribution is 2.24. The molecule has 1 amide bonds. The lowest BCUT2D eigenvalue weighted by atomic mass is 10.1. The number of hydrogen-bond donors (Lipinski definition) is 2. The molecule has 6 nitrogen and oxygen atoms in total. The molecule has 2 aliphatic rings. The van der Waals surface area contributed by atoms with E-state index >= 15 is 0 Å². The minimum atomic E-state index is 0. The molecule has 2 N–H and O–H groups in total. The number of carbonyl (C=O) groups is 1. The Morgan fingerprint density at radius 1 is 1.17 bits per heavy atom. The molecule has 2 heterocycles. The summed E-state index contributed by atoms with van der Waals surface area (Å²) < 4.78 is 0. The molecule has 2 unspecified atom stereocenters. The molecule has 1 aromatic carbocycles. The molecule has 0 spiro atoms. The summed E-state index contributed by atoms with van der Waals surface area (Å²) in [6.45, 7) is 8.64. The Morgan fingerprint density at radius 3 is 2.48 bits per heavy atom. The number of aliphatic imine (C=N–C) groups is 1. The molecule has 7 heteroatoms. The summed E-state index contributed by atoms with van der Waals surface area (Å²) in [5, 5.41) is 7.05. The zero-order valence-corrected chi connectivity index (χ0v) is 20.3. The van der Waals surface area contributed by atoms with Crippen molar-refractivity contribution in [1.82, 2.24) is 20.4 Å². The molecule has 0 aliphatic carbocycles. The van der Waals surface area contributed by atoms with Gasteiger partial charge in [-0.05, 0) is 37.9 Å². The van der Waals surface area contributed by atoms with Gasteiger partial charge in [0.2, 0.25) is 5.91 Å². The normalized spacial score (nSPS) is 21.2. The molecule has 2 aliphatic heterocycles. The molecule has 2 fully saturated rings. The van der Waals surface area contributed by atoms with Crippen LogP contribution in [0.1, 0.15) is 44.7 Å². The second kappa shape index (κ2) is 11.7. The zero-order valence-electron chi connectivity index (χ0n) is 17.9. The Kier molecular flexibility index (Phi) is 9.68. The van der Waals surface area contributed by atoms with Gasteiger partial charge in [-0.2, -0.15) is 0 Å². The molecule has 0 aromatic heterocycles. The van der Waals surface area contributed by atoms with Gasteiger partial charge in [0.25, 0.3) is 0 Å².